The second-order valence-corrected chi connectivity index (χ2v) is 8.47. The SMILES string of the molecule is CC(C)(C)C(=O)N1CCN(C(=O)C2CC3CCCCC3N2)CC1.Cl. The first-order valence-corrected chi connectivity index (χ1v) is 9.20. The molecule has 0 aromatic rings. The molecule has 2 aliphatic heterocycles. The first kappa shape index (κ1) is 19.5. The molecular formula is C18H32ClN3O2. The van der Waals surface area contributed by atoms with E-state index in [2.05, 4.69) is 5.32 Å². The molecule has 3 unspecified atom stereocenters. The van der Waals surface area contributed by atoms with Crippen LogP contribution in [0.15, 0.2) is 0 Å². The molecule has 3 atom stereocenters. The number of amides is 2. The van der Waals surface area contributed by atoms with Crippen molar-refractivity contribution in [3.63, 3.8) is 0 Å². The van der Waals surface area contributed by atoms with E-state index in [0.717, 1.165) is 6.42 Å². The van der Waals surface area contributed by atoms with Gasteiger partial charge in [0.15, 0.2) is 0 Å². The molecule has 3 fully saturated rings. The molecule has 5 nitrogen and oxygen atoms in total. The van der Waals surface area contributed by atoms with Crippen molar-refractivity contribution in [1.82, 2.24) is 15.1 Å². The van der Waals surface area contributed by atoms with E-state index in [9.17, 15) is 9.59 Å². The number of nitrogens with zero attached hydrogens (tertiary/aromatic N) is 2. The minimum absolute atomic E-state index is 0. The lowest BCUT2D eigenvalue weighted by atomic mass is 9.85. The van der Waals surface area contributed by atoms with Gasteiger partial charge in [-0.3, -0.25) is 9.59 Å². The van der Waals surface area contributed by atoms with E-state index in [1.54, 1.807) is 0 Å². The Balaban J connectivity index is 0.00000208. The molecule has 3 rings (SSSR count). The van der Waals surface area contributed by atoms with Crippen molar-refractivity contribution in [1.29, 1.82) is 0 Å². The van der Waals surface area contributed by atoms with Crippen LogP contribution in [-0.4, -0.2) is 59.9 Å². The van der Waals surface area contributed by atoms with Crippen LogP contribution in [0, 0.1) is 11.3 Å². The molecule has 138 valence electrons. The van der Waals surface area contributed by atoms with Gasteiger partial charge in [-0.25, -0.2) is 0 Å². The van der Waals surface area contributed by atoms with Gasteiger partial charge in [-0.1, -0.05) is 33.6 Å². The molecular weight excluding hydrogens is 326 g/mol. The smallest absolute Gasteiger partial charge is 0.239 e. The highest BCUT2D eigenvalue weighted by Crippen LogP contribution is 2.33. The molecule has 0 aromatic carbocycles. The number of hydrogen-bond acceptors (Lipinski definition) is 3. The molecule has 3 aliphatic rings. The standard InChI is InChI=1S/C18H31N3O2.ClH/c1-18(2,3)17(23)21-10-8-20(9-11-21)16(22)15-12-13-6-4-5-7-14(13)19-15;/h13-15,19H,4-12H2,1-3H3;1H. The predicted octanol–water partition coefficient (Wildman–Crippen LogP) is 2.05. The number of piperazine rings is 1. The van der Waals surface area contributed by atoms with Gasteiger partial charge in [-0.15, -0.1) is 12.4 Å². The second-order valence-electron chi connectivity index (χ2n) is 8.47. The van der Waals surface area contributed by atoms with E-state index in [0.29, 0.717) is 38.1 Å². The number of carbonyl (C=O) groups is 2. The van der Waals surface area contributed by atoms with Crippen molar-refractivity contribution in [2.24, 2.45) is 11.3 Å². The topological polar surface area (TPSA) is 52.7 Å². The van der Waals surface area contributed by atoms with E-state index < -0.39 is 0 Å². The summed E-state index contributed by atoms with van der Waals surface area (Å²) in [5.74, 6) is 1.14. The third kappa shape index (κ3) is 4.05. The highest BCUT2D eigenvalue weighted by Gasteiger charge is 2.40. The summed E-state index contributed by atoms with van der Waals surface area (Å²) in [4.78, 5) is 29.0. The summed E-state index contributed by atoms with van der Waals surface area (Å²) in [5.41, 5.74) is -0.338. The predicted molar refractivity (Wildman–Crippen MR) is 97.1 cm³/mol. The van der Waals surface area contributed by atoms with Gasteiger partial charge in [-0.05, 0) is 25.2 Å². The Morgan fingerprint density at radius 1 is 0.958 bits per heavy atom. The summed E-state index contributed by atoms with van der Waals surface area (Å²) in [5, 5.41) is 3.58. The highest BCUT2D eigenvalue weighted by molar-refractivity contribution is 5.85. The molecule has 0 bridgehead atoms. The fraction of sp³-hybridized carbons (Fsp3) is 0.889. The summed E-state index contributed by atoms with van der Waals surface area (Å²) in [6.07, 6.45) is 6.11. The van der Waals surface area contributed by atoms with Crippen molar-refractivity contribution < 1.29 is 9.59 Å². The summed E-state index contributed by atoms with van der Waals surface area (Å²) in [6, 6.07) is 0.564. The van der Waals surface area contributed by atoms with Crippen molar-refractivity contribution in [3.8, 4) is 0 Å². The lowest BCUT2D eigenvalue weighted by Gasteiger charge is -2.38. The van der Waals surface area contributed by atoms with Crippen LogP contribution in [-0.2, 0) is 9.59 Å². The summed E-state index contributed by atoms with van der Waals surface area (Å²) in [7, 11) is 0. The van der Waals surface area contributed by atoms with Crippen LogP contribution in [0.1, 0.15) is 52.9 Å². The number of nitrogens with one attached hydrogen (secondary N) is 1. The minimum Gasteiger partial charge on any atom is -0.339 e. The van der Waals surface area contributed by atoms with Crippen molar-refractivity contribution in [2.75, 3.05) is 26.2 Å². The first-order chi connectivity index (χ1) is 10.9. The number of rotatable bonds is 1. The highest BCUT2D eigenvalue weighted by atomic mass is 35.5. The minimum atomic E-state index is -0.338. The van der Waals surface area contributed by atoms with Gasteiger partial charge in [0.05, 0.1) is 6.04 Å². The molecule has 1 aliphatic carbocycles. The van der Waals surface area contributed by atoms with Gasteiger partial charge >= 0.3 is 0 Å². The fourth-order valence-electron chi connectivity index (χ4n) is 4.34. The molecule has 24 heavy (non-hydrogen) atoms. The van der Waals surface area contributed by atoms with Crippen LogP contribution in [0.25, 0.3) is 0 Å². The Bertz CT molecular complexity index is 455. The number of halogens is 1. The molecule has 6 heteroatoms. The Hall–Kier alpha value is -0.810. The summed E-state index contributed by atoms with van der Waals surface area (Å²) < 4.78 is 0. The number of carbonyl (C=O) groups excluding carboxylic acids is 2. The number of fused-ring (bicyclic) bond motifs is 1. The van der Waals surface area contributed by atoms with Crippen molar-refractivity contribution in [2.45, 2.75) is 65.0 Å². The zero-order valence-electron chi connectivity index (χ0n) is 15.2. The maximum absolute atomic E-state index is 12.8. The second kappa shape index (κ2) is 7.61. The Morgan fingerprint density at radius 3 is 2.12 bits per heavy atom. The maximum Gasteiger partial charge on any atom is 0.239 e. The van der Waals surface area contributed by atoms with Crippen LogP contribution in [0.3, 0.4) is 0 Å². The monoisotopic (exact) mass is 357 g/mol. The van der Waals surface area contributed by atoms with Crippen molar-refractivity contribution >= 4 is 24.2 Å². The van der Waals surface area contributed by atoms with E-state index in [-0.39, 0.29) is 35.7 Å². The Morgan fingerprint density at radius 2 is 1.54 bits per heavy atom. The average Bonchev–Trinajstić information content (AvgIpc) is 2.96. The Labute approximate surface area is 151 Å². The van der Waals surface area contributed by atoms with Gasteiger partial charge < -0.3 is 15.1 Å². The van der Waals surface area contributed by atoms with Crippen molar-refractivity contribution in [3.05, 3.63) is 0 Å². The maximum atomic E-state index is 12.8. The third-order valence-corrected chi connectivity index (χ3v) is 5.68. The third-order valence-electron chi connectivity index (χ3n) is 5.68. The van der Waals surface area contributed by atoms with E-state index in [1.807, 2.05) is 30.6 Å². The zero-order chi connectivity index (χ0) is 16.6. The fourth-order valence-corrected chi connectivity index (χ4v) is 4.34. The molecule has 0 spiro atoms. The normalized spacial score (nSPS) is 30.5. The molecule has 1 saturated carbocycles. The molecule has 2 amide bonds. The largest absolute Gasteiger partial charge is 0.339 e. The summed E-state index contributed by atoms with van der Waals surface area (Å²) >= 11 is 0. The molecule has 2 saturated heterocycles. The molecule has 2 heterocycles. The van der Waals surface area contributed by atoms with E-state index in [4.69, 9.17) is 0 Å². The van der Waals surface area contributed by atoms with Gasteiger partial charge in [-0.2, -0.15) is 0 Å². The van der Waals surface area contributed by atoms with Gasteiger partial charge in [0, 0.05) is 37.6 Å². The first-order valence-electron chi connectivity index (χ1n) is 9.20. The van der Waals surface area contributed by atoms with Crippen LogP contribution in [0.4, 0.5) is 0 Å². The van der Waals surface area contributed by atoms with Crippen LogP contribution in [0.5, 0.6) is 0 Å². The van der Waals surface area contributed by atoms with Gasteiger partial charge in [0.1, 0.15) is 0 Å². The van der Waals surface area contributed by atoms with Gasteiger partial charge in [0.25, 0.3) is 0 Å². The van der Waals surface area contributed by atoms with Crippen LogP contribution >= 0.6 is 12.4 Å². The lowest BCUT2D eigenvalue weighted by Crippen LogP contribution is -2.56. The van der Waals surface area contributed by atoms with Crippen LogP contribution < -0.4 is 5.32 Å². The molecule has 0 aromatic heterocycles. The zero-order valence-corrected chi connectivity index (χ0v) is 16.0. The van der Waals surface area contributed by atoms with E-state index in [1.165, 1.54) is 25.7 Å². The van der Waals surface area contributed by atoms with Crippen LogP contribution in [0.2, 0.25) is 0 Å². The summed E-state index contributed by atoms with van der Waals surface area (Å²) in [6.45, 7) is 8.55. The molecule has 0 radical (unpaired) electrons. The lowest BCUT2D eigenvalue weighted by molar-refractivity contribution is -0.145. The van der Waals surface area contributed by atoms with Gasteiger partial charge in [0.2, 0.25) is 11.8 Å². The Kier molecular flexibility index (Phi) is 6.19. The average molecular weight is 358 g/mol. The molecule has 1 N–H and O–H groups in total. The number of hydrogen-bond donors (Lipinski definition) is 1. The quantitative estimate of drug-likeness (QED) is 0.781. The van der Waals surface area contributed by atoms with E-state index >= 15 is 0 Å².